The maximum Gasteiger partial charge on any atom is 0.315 e. The largest absolute Gasteiger partial charge is 0.432 e. The van der Waals surface area contributed by atoms with E-state index in [1.54, 1.807) is 0 Å². The van der Waals surface area contributed by atoms with Gasteiger partial charge in [0.05, 0.1) is 50.2 Å². The van der Waals surface area contributed by atoms with E-state index in [0.717, 1.165) is 6.42 Å². The number of hydrogen-bond acceptors (Lipinski definition) is 26. The summed E-state index contributed by atoms with van der Waals surface area (Å²) in [5, 5.41) is 163. The Hall–Kier alpha value is -1.75. The highest BCUT2D eigenvalue weighted by atomic mass is 16.8. The molecule has 26 heteroatoms. The van der Waals surface area contributed by atoms with Crippen LogP contribution in [0, 0.1) is 50.2 Å². The van der Waals surface area contributed by atoms with Crippen LogP contribution in [0.2, 0.25) is 0 Å². The van der Waals surface area contributed by atoms with Gasteiger partial charge in [-0.25, -0.2) is 0 Å². The molecule has 7 unspecified atom stereocenters. The Kier molecular flexibility index (Phi) is 19.0. The lowest BCUT2D eigenvalue weighted by Gasteiger charge is -2.71. The number of aliphatic hydroxyl groups is 15. The summed E-state index contributed by atoms with van der Waals surface area (Å²) in [6.07, 6.45) is -30.0. The van der Waals surface area contributed by atoms with E-state index in [0.29, 0.717) is 57.8 Å². The van der Waals surface area contributed by atoms with Gasteiger partial charge in [-0.3, -0.25) is 4.79 Å². The molecule has 0 amide bonds. The number of carbonyl (C=O) groups is 1. The van der Waals surface area contributed by atoms with Crippen LogP contribution in [0.3, 0.4) is 0 Å². The average molecular weight is 1220 g/mol. The molecule has 0 aromatic carbocycles. The van der Waals surface area contributed by atoms with Crippen LogP contribution in [0.15, 0.2) is 11.6 Å². The third-order valence-corrected chi connectivity index (χ3v) is 23.2. The van der Waals surface area contributed by atoms with Crippen molar-refractivity contribution in [1.29, 1.82) is 0 Å². The van der Waals surface area contributed by atoms with E-state index >= 15 is 4.79 Å². The Morgan fingerprint density at radius 3 is 1.74 bits per heavy atom. The van der Waals surface area contributed by atoms with Crippen molar-refractivity contribution in [3.8, 4) is 0 Å². The molecule has 5 heterocycles. The van der Waals surface area contributed by atoms with Crippen LogP contribution in [0.1, 0.15) is 120 Å². The first-order valence-corrected chi connectivity index (χ1v) is 30.6. The van der Waals surface area contributed by atoms with Crippen molar-refractivity contribution in [2.75, 3.05) is 26.4 Å². The number of fused-ring (bicyclic) bond motifs is 7. The van der Waals surface area contributed by atoms with Crippen molar-refractivity contribution in [1.82, 2.24) is 0 Å². The standard InChI is InChI=1S/C59H96O26/c1-24-34(63)39(68)43(72)48(78-24)83-46-36(65)28(62)21-76-52(46)82-33-12-13-55(5)31(56(33,6)23-61)11-14-58(8)32(55)10-9-26-27-19-54(3,4)15-17-59(27,18-16-57(26,58)7)53(75)85-50-45(74)41(70)38(67)30(81-50)22-77-51-47(42(71)37(66)29(20-60)80-51)84-49-44(73)40(69)35(64)25(2)79-49/h9,24-25,27-52,60-74H,10-23H2,1-8H3/t24-,25+,27?,28-,29-,30-,31?,32?,33?,34+,35+,36-,37+,38+,39+,40-,41+,42+,43+,44-,45-,46+,47-,48-,49-,50-,51+,52-,55?,56-,57-,58?,59?/m0/s1. The van der Waals surface area contributed by atoms with Gasteiger partial charge in [0, 0.05) is 5.41 Å². The normalized spacial score (nSPS) is 55.3. The number of carbonyl (C=O) groups excluding carboxylic acids is 1. The van der Waals surface area contributed by atoms with Gasteiger partial charge in [0.1, 0.15) is 104 Å². The Morgan fingerprint density at radius 1 is 0.565 bits per heavy atom. The second-order valence-electron chi connectivity index (χ2n) is 28.5. The molecule has 5 aliphatic carbocycles. The first-order valence-electron chi connectivity index (χ1n) is 30.6. The molecule has 9 fully saturated rings. The van der Waals surface area contributed by atoms with E-state index in [-0.39, 0.29) is 47.2 Å². The highest BCUT2D eigenvalue weighted by Crippen LogP contribution is 2.76. The highest BCUT2D eigenvalue weighted by Gasteiger charge is 2.71. The summed E-state index contributed by atoms with van der Waals surface area (Å²) in [6, 6.07) is 0. The topological polar surface area (TPSA) is 413 Å². The van der Waals surface area contributed by atoms with Crippen molar-refractivity contribution in [3.63, 3.8) is 0 Å². The molecule has 0 radical (unpaired) electrons. The van der Waals surface area contributed by atoms with Crippen LogP contribution in [0.4, 0.5) is 0 Å². The SMILES string of the molecule is C[C@@H]1O[C@@H](O[C@H]2[C@H](OC3CCC4(C)C5CC=C6C7CC(C)(C)CCC7(C(=O)O[C@@H]7O[C@@H](CO[C@@H]8O[C@@H](CO)[C@@H](O)[C@@H](O)[C@@H]8O[C@@H]8O[C@H](C)[C@@H](O)[C@H](O)[C@@H]8O)[C@@H](O)[C@@H](O)[C@@H]7O)CC[C@]6(C)C5(C)CCC4[C@]3(C)CO)OC[C@H](O)[C@@H]2O)[C@H](O)[C@H](O)[C@@H]1O. The minimum Gasteiger partial charge on any atom is -0.432 e. The molecule has 10 aliphatic rings. The first kappa shape index (κ1) is 66.2. The predicted octanol–water partition coefficient (Wildman–Crippen LogP) is -2.54. The minimum absolute atomic E-state index is 0.0713. The molecule has 488 valence electrons. The maximum absolute atomic E-state index is 15.3. The first-order chi connectivity index (χ1) is 39.8. The Labute approximate surface area is 494 Å². The zero-order valence-electron chi connectivity index (χ0n) is 49.8. The van der Waals surface area contributed by atoms with Gasteiger partial charge >= 0.3 is 5.97 Å². The van der Waals surface area contributed by atoms with E-state index in [1.807, 2.05) is 6.92 Å². The zero-order valence-corrected chi connectivity index (χ0v) is 49.8. The molecule has 10 rings (SSSR count). The second kappa shape index (κ2) is 24.4. The number of hydrogen-bond donors (Lipinski definition) is 15. The molecule has 0 aromatic rings. The molecular weight excluding hydrogens is 1120 g/mol. The third-order valence-electron chi connectivity index (χ3n) is 23.2. The fourth-order valence-corrected chi connectivity index (χ4v) is 17.5. The number of rotatable bonds is 13. The van der Waals surface area contributed by atoms with Crippen LogP contribution in [-0.4, -0.2) is 263 Å². The monoisotopic (exact) mass is 1220 g/mol. The Bertz CT molecular complexity index is 2370. The Morgan fingerprint density at radius 2 is 1.13 bits per heavy atom. The van der Waals surface area contributed by atoms with E-state index in [1.165, 1.54) is 19.4 Å². The average Bonchev–Trinajstić information content (AvgIpc) is 0.741. The van der Waals surface area contributed by atoms with Gasteiger partial charge in [0.2, 0.25) is 6.29 Å². The van der Waals surface area contributed by atoms with Crippen LogP contribution in [0.5, 0.6) is 0 Å². The van der Waals surface area contributed by atoms with Gasteiger partial charge < -0.3 is 124 Å². The van der Waals surface area contributed by atoms with Gasteiger partial charge in [-0.1, -0.05) is 53.2 Å². The molecule has 15 N–H and O–H groups in total. The van der Waals surface area contributed by atoms with Crippen LogP contribution in [0.25, 0.3) is 0 Å². The summed E-state index contributed by atoms with van der Waals surface area (Å²) in [4.78, 5) is 15.3. The molecule has 0 aromatic heterocycles. The zero-order chi connectivity index (χ0) is 62.0. The lowest BCUT2D eigenvalue weighted by atomic mass is 9.33. The molecule has 5 saturated heterocycles. The fraction of sp³-hybridized carbons (Fsp3) is 0.949. The van der Waals surface area contributed by atoms with Crippen molar-refractivity contribution in [3.05, 3.63) is 11.6 Å². The number of ether oxygens (including phenoxy) is 10. The summed E-state index contributed by atoms with van der Waals surface area (Å²) < 4.78 is 59.9. The van der Waals surface area contributed by atoms with Gasteiger partial charge in [0.15, 0.2) is 25.2 Å². The number of aliphatic hydroxyl groups excluding tert-OH is 15. The Balaban J connectivity index is 0.855. The number of esters is 1. The number of allylic oxidation sites excluding steroid dienone is 2. The van der Waals surface area contributed by atoms with E-state index in [2.05, 4.69) is 40.7 Å². The van der Waals surface area contributed by atoms with E-state index in [9.17, 15) is 76.6 Å². The molecular formula is C59H96O26. The van der Waals surface area contributed by atoms with Crippen LogP contribution >= 0.6 is 0 Å². The minimum atomic E-state index is -1.92. The highest BCUT2D eigenvalue weighted by molar-refractivity contribution is 5.79. The summed E-state index contributed by atoms with van der Waals surface area (Å²) in [7, 11) is 0. The van der Waals surface area contributed by atoms with E-state index in [4.69, 9.17) is 47.4 Å². The van der Waals surface area contributed by atoms with Crippen molar-refractivity contribution in [2.24, 2.45) is 50.2 Å². The summed E-state index contributed by atoms with van der Waals surface area (Å²) in [5.74, 6) is -0.891. The molecule has 5 aliphatic heterocycles. The molecule has 85 heavy (non-hydrogen) atoms. The van der Waals surface area contributed by atoms with Gasteiger partial charge in [0.25, 0.3) is 0 Å². The lowest BCUT2D eigenvalue weighted by molar-refractivity contribution is -0.370. The maximum atomic E-state index is 15.3. The molecule has 4 saturated carbocycles. The summed E-state index contributed by atoms with van der Waals surface area (Å²) in [5.41, 5.74) is -1.99. The van der Waals surface area contributed by atoms with Crippen LogP contribution in [-0.2, 0) is 52.2 Å². The van der Waals surface area contributed by atoms with Crippen molar-refractivity contribution in [2.45, 2.75) is 273 Å². The second-order valence-corrected chi connectivity index (χ2v) is 28.5. The fourth-order valence-electron chi connectivity index (χ4n) is 17.5. The van der Waals surface area contributed by atoms with Gasteiger partial charge in [-0.15, -0.1) is 0 Å². The van der Waals surface area contributed by atoms with E-state index < -0.39 is 189 Å². The quantitative estimate of drug-likeness (QED) is 0.0513. The lowest BCUT2D eigenvalue weighted by Crippen LogP contribution is -2.67. The van der Waals surface area contributed by atoms with Gasteiger partial charge in [-0.2, -0.15) is 0 Å². The smallest absolute Gasteiger partial charge is 0.315 e. The molecule has 0 spiro atoms. The van der Waals surface area contributed by atoms with Crippen molar-refractivity contribution < 1.29 is 129 Å². The molecule has 33 atom stereocenters. The van der Waals surface area contributed by atoms with Crippen molar-refractivity contribution >= 4 is 5.97 Å². The third kappa shape index (κ3) is 11.1. The molecule has 26 nitrogen and oxygen atoms in total. The predicted molar refractivity (Wildman–Crippen MR) is 288 cm³/mol. The molecule has 0 bridgehead atoms. The van der Waals surface area contributed by atoms with Gasteiger partial charge in [-0.05, 0) is 117 Å². The summed E-state index contributed by atoms with van der Waals surface area (Å²) in [6.45, 7) is 14.3. The summed E-state index contributed by atoms with van der Waals surface area (Å²) >= 11 is 0. The van der Waals surface area contributed by atoms with Crippen LogP contribution < -0.4 is 0 Å².